The van der Waals surface area contributed by atoms with Crippen LogP contribution in [0.3, 0.4) is 0 Å². The van der Waals surface area contributed by atoms with Crippen LogP contribution in [0.4, 0.5) is 11.4 Å². The van der Waals surface area contributed by atoms with Crippen LogP contribution >= 0.6 is 11.8 Å². The van der Waals surface area contributed by atoms with Crippen LogP contribution in [0.25, 0.3) is 11.3 Å². The highest BCUT2D eigenvalue weighted by Crippen LogP contribution is 2.51. The second-order valence-electron chi connectivity index (χ2n) is 8.77. The predicted octanol–water partition coefficient (Wildman–Crippen LogP) is 5.15. The average Bonchev–Trinajstić information content (AvgIpc) is 2.95. The van der Waals surface area contributed by atoms with E-state index in [2.05, 4.69) is 26.3 Å². The summed E-state index contributed by atoms with van der Waals surface area (Å²) in [7, 11) is 1.61. The molecule has 8 nitrogen and oxygen atoms in total. The number of aromatic nitrogens is 2. The number of hydrogen-bond donors (Lipinski definition) is 2. The molecule has 1 saturated heterocycles. The van der Waals surface area contributed by atoms with Crippen LogP contribution in [0.15, 0.2) is 81.4 Å². The third kappa shape index (κ3) is 5.00. The van der Waals surface area contributed by atoms with Gasteiger partial charge in [0.25, 0.3) is 0 Å². The lowest BCUT2D eigenvalue weighted by Gasteiger charge is -2.29. The summed E-state index contributed by atoms with van der Waals surface area (Å²) < 4.78 is 17.1. The summed E-state index contributed by atoms with van der Waals surface area (Å²) in [6, 6.07) is 19.6. The molecule has 2 aliphatic heterocycles. The van der Waals surface area contributed by atoms with E-state index in [1.54, 1.807) is 31.1 Å². The van der Waals surface area contributed by atoms with Gasteiger partial charge in [-0.3, -0.25) is 4.79 Å². The normalized spacial score (nSPS) is 14.4. The number of nitrogens with zero attached hydrogens (tertiary/aromatic N) is 2. The minimum atomic E-state index is -0.136. The molecule has 6 rings (SSSR count). The molecule has 0 radical (unpaired) electrons. The summed E-state index contributed by atoms with van der Waals surface area (Å²) in [4.78, 5) is 23.9. The Balaban J connectivity index is 1.25. The fourth-order valence-corrected chi connectivity index (χ4v) is 5.50. The van der Waals surface area contributed by atoms with E-state index in [0.717, 1.165) is 62.6 Å². The first-order valence-electron chi connectivity index (χ1n) is 12.1. The van der Waals surface area contributed by atoms with Gasteiger partial charge < -0.3 is 29.4 Å². The first-order valence-corrected chi connectivity index (χ1v) is 12.9. The molecular formula is C28H26N4O4S. The molecule has 2 aliphatic rings. The van der Waals surface area contributed by atoms with Crippen molar-refractivity contribution in [1.29, 1.82) is 0 Å². The lowest BCUT2D eigenvalue weighted by molar-refractivity contribution is 0.122. The Morgan fingerprint density at radius 1 is 1.08 bits per heavy atom. The van der Waals surface area contributed by atoms with E-state index in [1.807, 2.05) is 48.5 Å². The molecule has 37 heavy (non-hydrogen) atoms. The molecular weight excluding hydrogens is 488 g/mol. The Hall–Kier alpha value is -3.95. The van der Waals surface area contributed by atoms with E-state index in [1.165, 1.54) is 0 Å². The molecule has 0 amide bonds. The van der Waals surface area contributed by atoms with Crippen molar-refractivity contribution in [2.75, 3.05) is 43.6 Å². The Morgan fingerprint density at radius 2 is 1.97 bits per heavy atom. The van der Waals surface area contributed by atoms with Crippen LogP contribution in [0.2, 0.25) is 0 Å². The zero-order valence-electron chi connectivity index (χ0n) is 20.3. The molecule has 2 N–H and O–H groups in total. The number of fused-ring (bicyclic) bond motifs is 2. The van der Waals surface area contributed by atoms with Crippen LogP contribution in [0, 0.1) is 0 Å². The monoisotopic (exact) mass is 514 g/mol. The van der Waals surface area contributed by atoms with Gasteiger partial charge in [0.2, 0.25) is 11.4 Å². The van der Waals surface area contributed by atoms with Gasteiger partial charge in [-0.25, -0.2) is 4.98 Å². The van der Waals surface area contributed by atoms with Crippen molar-refractivity contribution < 1.29 is 14.2 Å². The van der Waals surface area contributed by atoms with Gasteiger partial charge in [0.1, 0.15) is 5.75 Å². The maximum absolute atomic E-state index is 12.6. The summed E-state index contributed by atoms with van der Waals surface area (Å²) in [6.45, 7) is 3.50. The number of ether oxygens (including phenoxy) is 3. The predicted molar refractivity (Wildman–Crippen MR) is 144 cm³/mol. The molecule has 0 bridgehead atoms. The van der Waals surface area contributed by atoms with Crippen molar-refractivity contribution >= 4 is 23.1 Å². The summed E-state index contributed by atoms with van der Waals surface area (Å²) in [6.07, 6.45) is 1.74. The van der Waals surface area contributed by atoms with Crippen LogP contribution in [-0.2, 0) is 11.3 Å². The molecule has 188 valence electrons. The fourth-order valence-electron chi connectivity index (χ4n) is 4.48. The quantitative estimate of drug-likeness (QED) is 0.322. The molecule has 1 fully saturated rings. The summed E-state index contributed by atoms with van der Waals surface area (Å²) >= 11 is 1.66. The maximum Gasteiger partial charge on any atom is 0.250 e. The minimum absolute atomic E-state index is 0.136. The first kappa shape index (κ1) is 23.4. The second-order valence-corrected chi connectivity index (χ2v) is 9.86. The van der Waals surface area contributed by atoms with Gasteiger partial charge in [-0.05, 0) is 48.0 Å². The summed E-state index contributed by atoms with van der Waals surface area (Å²) in [5.74, 6) is 2.13. The van der Waals surface area contributed by atoms with E-state index >= 15 is 0 Å². The standard InChI is InChI=1S/C28H26N4O4S/c1-34-27-13-18(7-8-29-27)17-30-19-5-6-23-25(14-19)37-24-4-2-3-21(28(24)36-23)22-15-20(16-26(33)31-22)32-9-11-35-12-10-32/h2-8,13-16,30H,9-12,17H2,1H3,(H,31,33). The lowest BCUT2D eigenvalue weighted by Crippen LogP contribution is -2.36. The molecule has 9 heteroatoms. The molecule has 0 unspecified atom stereocenters. The van der Waals surface area contributed by atoms with E-state index in [-0.39, 0.29) is 5.56 Å². The molecule has 0 aliphatic carbocycles. The van der Waals surface area contributed by atoms with E-state index in [0.29, 0.717) is 25.6 Å². The molecule has 2 aromatic heterocycles. The molecule has 0 saturated carbocycles. The zero-order chi connectivity index (χ0) is 25.2. The van der Waals surface area contributed by atoms with E-state index < -0.39 is 0 Å². The zero-order valence-corrected chi connectivity index (χ0v) is 21.1. The van der Waals surface area contributed by atoms with Crippen LogP contribution in [0.5, 0.6) is 17.4 Å². The third-order valence-electron chi connectivity index (χ3n) is 6.36. The van der Waals surface area contributed by atoms with Crippen LogP contribution in [0.1, 0.15) is 5.56 Å². The van der Waals surface area contributed by atoms with Crippen LogP contribution < -0.4 is 25.2 Å². The van der Waals surface area contributed by atoms with Crippen LogP contribution in [-0.4, -0.2) is 43.4 Å². The number of pyridine rings is 2. The minimum Gasteiger partial charge on any atom is -0.481 e. The number of rotatable bonds is 6. The summed E-state index contributed by atoms with van der Waals surface area (Å²) in [5, 5.41) is 3.46. The smallest absolute Gasteiger partial charge is 0.250 e. The number of H-pyrrole nitrogens is 1. The van der Waals surface area contributed by atoms with Crippen molar-refractivity contribution in [2.24, 2.45) is 0 Å². The highest BCUT2D eigenvalue weighted by molar-refractivity contribution is 7.99. The first-order chi connectivity index (χ1) is 18.2. The SMILES string of the molecule is COc1cc(CNc2ccc3c(c2)Sc2cccc(-c4cc(N5CCOCC5)cc(=O)[nH]4)c2O3)ccn1. The molecule has 4 heterocycles. The number of morpholine rings is 1. The maximum atomic E-state index is 12.6. The molecule has 2 aromatic carbocycles. The van der Waals surface area contributed by atoms with Gasteiger partial charge in [0, 0.05) is 54.9 Å². The van der Waals surface area contributed by atoms with E-state index in [9.17, 15) is 4.79 Å². The number of benzene rings is 2. The number of para-hydroxylation sites is 1. The van der Waals surface area contributed by atoms with Gasteiger partial charge in [-0.1, -0.05) is 17.8 Å². The Morgan fingerprint density at radius 3 is 2.84 bits per heavy atom. The molecule has 0 atom stereocenters. The van der Waals surface area contributed by atoms with Crippen molar-refractivity contribution in [3.05, 3.63) is 82.8 Å². The number of nitrogens with one attached hydrogen (secondary N) is 2. The Labute approximate surface area is 218 Å². The van der Waals surface area contributed by atoms with Crippen molar-refractivity contribution in [1.82, 2.24) is 9.97 Å². The fraction of sp³-hybridized carbons (Fsp3) is 0.214. The van der Waals surface area contributed by atoms with Gasteiger partial charge >= 0.3 is 0 Å². The van der Waals surface area contributed by atoms with Gasteiger partial charge in [0.15, 0.2) is 5.75 Å². The molecule has 0 spiro atoms. The largest absolute Gasteiger partial charge is 0.481 e. The van der Waals surface area contributed by atoms with E-state index in [4.69, 9.17) is 14.2 Å². The second kappa shape index (κ2) is 10.2. The average molecular weight is 515 g/mol. The van der Waals surface area contributed by atoms with Gasteiger partial charge in [-0.2, -0.15) is 0 Å². The molecule has 4 aromatic rings. The lowest BCUT2D eigenvalue weighted by atomic mass is 10.1. The highest BCUT2D eigenvalue weighted by atomic mass is 32.2. The number of aromatic amines is 1. The third-order valence-corrected chi connectivity index (χ3v) is 7.44. The Kier molecular flexibility index (Phi) is 6.46. The number of anilines is 2. The topological polar surface area (TPSA) is 88.7 Å². The summed E-state index contributed by atoms with van der Waals surface area (Å²) in [5.41, 5.74) is 4.43. The van der Waals surface area contributed by atoms with Gasteiger partial charge in [0.05, 0.1) is 35.8 Å². The van der Waals surface area contributed by atoms with Crippen molar-refractivity contribution in [3.8, 4) is 28.6 Å². The Bertz CT molecular complexity index is 1500. The highest BCUT2D eigenvalue weighted by Gasteiger charge is 2.23. The number of hydrogen-bond acceptors (Lipinski definition) is 8. The van der Waals surface area contributed by atoms with Crippen molar-refractivity contribution in [2.45, 2.75) is 16.3 Å². The van der Waals surface area contributed by atoms with Gasteiger partial charge in [-0.15, -0.1) is 0 Å². The number of methoxy groups -OCH3 is 1. The van der Waals surface area contributed by atoms with Crippen molar-refractivity contribution in [3.63, 3.8) is 0 Å².